The van der Waals surface area contributed by atoms with Gasteiger partial charge in [0.05, 0.1) is 5.25 Å². The van der Waals surface area contributed by atoms with E-state index in [1.54, 1.807) is 0 Å². The van der Waals surface area contributed by atoms with Gasteiger partial charge in [0.25, 0.3) is 0 Å². The molecule has 0 saturated carbocycles. The van der Waals surface area contributed by atoms with E-state index in [0.717, 1.165) is 21.6 Å². The molecule has 1 amide bonds. The lowest BCUT2D eigenvalue weighted by Gasteiger charge is -2.10. The summed E-state index contributed by atoms with van der Waals surface area (Å²) >= 11 is 2.87. The van der Waals surface area contributed by atoms with E-state index in [4.69, 9.17) is 0 Å². The van der Waals surface area contributed by atoms with E-state index in [0.29, 0.717) is 6.54 Å². The number of hydrogen-bond donors (Lipinski definition) is 2. The zero-order valence-electron chi connectivity index (χ0n) is 14.4. The molecule has 0 fully saturated rings. The Morgan fingerprint density at radius 2 is 1.77 bits per heavy atom. The average molecular weight is 385 g/mol. The predicted octanol–water partition coefficient (Wildman–Crippen LogP) is 4.12. The van der Waals surface area contributed by atoms with Crippen molar-refractivity contribution in [3.63, 3.8) is 0 Å². The van der Waals surface area contributed by atoms with E-state index < -0.39 is 0 Å². The molecule has 2 N–H and O–H groups in total. The van der Waals surface area contributed by atoms with Crippen molar-refractivity contribution in [3.8, 4) is 0 Å². The minimum Gasteiger partial charge on any atom is -0.355 e. The molecule has 3 aromatic rings. The largest absolute Gasteiger partial charge is 0.355 e. The number of thioether (sulfide) groups is 1. The van der Waals surface area contributed by atoms with Gasteiger partial charge in [-0.3, -0.25) is 4.79 Å². The van der Waals surface area contributed by atoms with Crippen LogP contribution in [0, 0.1) is 0 Å². The normalized spacial score (nSPS) is 11.7. The molecule has 0 aliphatic heterocycles. The van der Waals surface area contributed by atoms with Crippen molar-refractivity contribution in [3.05, 3.63) is 66.2 Å². The van der Waals surface area contributed by atoms with Crippen LogP contribution in [0.4, 0.5) is 10.8 Å². The van der Waals surface area contributed by atoms with Crippen molar-refractivity contribution in [2.75, 3.05) is 11.9 Å². The Bertz CT molecular complexity index is 824. The van der Waals surface area contributed by atoms with Crippen LogP contribution in [0.3, 0.4) is 0 Å². The van der Waals surface area contributed by atoms with Crippen LogP contribution < -0.4 is 10.6 Å². The molecule has 1 atom stereocenters. The van der Waals surface area contributed by atoms with Crippen LogP contribution >= 0.6 is 23.1 Å². The predicted molar refractivity (Wildman–Crippen MR) is 108 cm³/mol. The van der Waals surface area contributed by atoms with E-state index in [9.17, 15) is 4.79 Å². The molecular formula is C19H20N4OS2. The number of aromatic nitrogens is 2. The fourth-order valence-electron chi connectivity index (χ4n) is 2.28. The lowest BCUT2D eigenvalue weighted by Crippen LogP contribution is -2.32. The Hall–Kier alpha value is -2.38. The lowest BCUT2D eigenvalue weighted by atomic mass is 10.1. The number of nitrogens with zero attached hydrogens (tertiary/aromatic N) is 2. The van der Waals surface area contributed by atoms with Crippen molar-refractivity contribution in [1.29, 1.82) is 0 Å². The summed E-state index contributed by atoms with van der Waals surface area (Å²) in [6.07, 6.45) is 0.827. The summed E-state index contributed by atoms with van der Waals surface area (Å²) in [5.74, 6) is 0.0127. The summed E-state index contributed by atoms with van der Waals surface area (Å²) in [6.45, 7) is 2.51. The molecule has 0 saturated heterocycles. The van der Waals surface area contributed by atoms with Gasteiger partial charge < -0.3 is 10.6 Å². The van der Waals surface area contributed by atoms with Crippen LogP contribution in [0.5, 0.6) is 0 Å². The molecule has 1 aromatic heterocycles. The molecule has 0 unspecified atom stereocenters. The van der Waals surface area contributed by atoms with Crippen molar-refractivity contribution in [1.82, 2.24) is 15.5 Å². The van der Waals surface area contributed by atoms with Crippen molar-refractivity contribution < 1.29 is 4.79 Å². The summed E-state index contributed by atoms with van der Waals surface area (Å²) < 4.78 is 0.772. The number of hydrogen-bond acceptors (Lipinski definition) is 6. The van der Waals surface area contributed by atoms with Crippen LogP contribution in [0.1, 0.15) is 12.5 Å². The maximum Gasteiger partial charge on any atom is 0.233 e. The molecule has 134 valence electrons. The van der Waals surface area contributed by atoms with E-state index in [1.165, 1.54) is 28.7 Å². The maximum atomic E-state index is 12.2. The van der Waals surface area contributed by atoms with Gasteiger partial charge in [-0.15, -0.1) is 10.2 Å². The fourth-order valence-corrected chi connectivity index (χ4v) is 4.22. The molecule has 2 aromatic carbocycles. The quantitative estimate of drug-likeness (QED) is 0.572. The van der Waals surface area contributed by atoms with Crippen molar-refractivity contribution in [2.24, 2.45) is 0 Å². The van der Waals surface area contributed by atoms with Gasteiger partial charge in [0.15, 0.2) is 4.34 Å². The third-order valence-corrected chi connectivity index (χ3v) is 5.66. The van der Waals surface area contributed by atoms with E-state index in [-0.39, 0.29) is 11.2 Å². The van der Waals surface area contributed by atoms with Gasteiger partial charge in [0, 0.05) is 12.2 Å². The number of carbonyl (C=O) groups is 1. The first kappa shape index (κ1) is 18.4. The highest BCUT2D eigenvalue weighted by Crippen LogP contribution is 2.30. The molecule has 0 aliphatic rings. The first-order chi connectivity index (χ1) is 12.7. The number of nitrogens with one attached hydrogen (secondary N) is 2. The molecular weight excluding hydrogens is 364 g/mol. The highest BCUT2D eigenvalue weighted by atomic mass is 32.2. The third kappa shape index (κ3) is 5.57. The Balaban J connectivity index is 1.45. The van der Waals surface area contributed by atoms with Crippen LogP contribution in [-0.2, 0) is 11.2 Å². The molecule has 0 aliphatic carbocycles. The van der Waals surface area contributed by atoms with Gasteiger partial charge >= 0.3 is 0 Å². The summed E-state index contributed by atoms with van der Waals surface area (Å²) in [6, 6.07) is 19.9. The SMILES string of the molecule is C[C@H](Sc1nnc(Nc2ccccc2)s1)C(=O)NCCc1ccccc1. The topological polar surface area (TPSA) is 66.9 Å². The second-order valence-electron chi connectivity index (χ2n) is 5.65. The highest BCUT2D eigenvalue weighted by molar-refractivity contribution is 8.02. The zero-order valence-corrected chi connectivity index (χ0v) is 16.0. The highest BCUT2D eigenvalue weighted by Gasteiger charge is 2.16. The summed E-state index contributed by atoms with van der Waals surface area (Å²) in [5.41, 5.74) is 2.18. The minimum atomic E-state index is -0.219. The lowest BCUT2D eigenvalue weighted by molar-refractivity contribution is -0.120. The second kappa shape index (κ2) is 9.35. The number of carbonyl (C=O) groups excluding carboxylic acids is 1. The Kier molecular flexibility index (Phi) is 6.62. The van der Waals surface area contributed by atoms with Gasteiger partial charge in [0.1, 0.15) is 0 Å². The molecule has 1 heterocycles. The van der Waals surface area contributed by atoms with E-state index in [1.807, 2.05) is 55.5 Å². The monoisotopic (exact) mass is 384 g/mol. The van der Waals surface area contributed by atoms with Crippen LogP contribution in [0.25, 0.3) is 0 Å². The first-order valence-electron chi connectivity index (χ1n) is 8.34. The van der Waals surface area contributed by atoms with Gasteiger partial charge in [-0.2, -0.15) is 0 Å². The van der Waals surface area contributed by atoms with Gasteiger partial charge in [0.2, 0.25) is 11.0 Å². The number of benzene rings is 2. The molecule has 0 radical (unpaired) electrons. The van der Waals surface area contributed by atoms with Crippen LogP contribution in [0.15, 0.2) is 65.0 Å². The molecule has 7 heteroatoms. The molecule has 0 spiro atoms. The summed E-state index contributed by atoms with van der Waals surface area (Å²) in [4.78, 5) is 12.2. The van der Waals surface area contributed by atoms with Gasteiger partial charge in [-0.25, -0.2) is 0 Å². The van der Waals surface area contributed by atoms with Crippen molar-refractivity contribution in [2.45, 2.75) is 22.9 Å². The molecule has 5 nitrogen and oxygen atoms in total. The number of anilines is 2. The fraction of sp³-hybridized carbons (Fsp3) is 0.211. The van der Waals surface area contributed by atoms with Crippen LogP contribution in [0.2, 0.25) is 0 Å². The summed E-state index contributed by atoms with van der Waals surface area (Å²) in [7, 11) is 0. The molecule has 0 bridgehead atoms. The average Bonchev–Trinajstić information content (AvgIpc) is 3.10. The Labute approximate surface area is 161 Å². The standard InChI is InChI=1S/C19H20N4OS2/c1-14(17(24)20-13-12-15-8-4-2-5-9-15)25-19-23-22-18(26-19)21-16-10-6-3-7-11-16/h2-11,14H,12-13H2,1H3,(H,20,24)(H,21,22)/t14-/m0/s1. The number of para-hydroxylation sites is 1. The molecule has 26 heavy (non-hydrogen) atoms. The smallest absolute Gasteiger partial charge is 0.233 e. The first-order valence-corrected chi connectivity index (χ1v) is 10.0. The number of rotatable bonds is 8. The maximum absolute atomic E-state index is 12.2. The third-order valence-electron chi connectivity index (χ3n) is 3.63. The number of amides is 1. The summed E-state index contributed by atoms with van der Waals surface area (Å²) in [5, 5.41) is 15.0. The Morgan fingerprint density at radius 3 is 2.50 bits per heavy atom. The van der Waals surface area contributed by atoms with Gasteiger partial charge in [-0.05, 0) is 31.0 Å². The zero-order chi connectivity index (χ0) is 18.2. The minimum absolute atomic E-state index is 0.0127. The van der Waals surface area contributed by atoms with E-state index in [2.05, 4.69) is 33.0 Å². The van der Waals surface area contributed by atoms with Crippen molar-refractivity contribution >= 4 is 39.8 Å². The molecule has 3 rings (SSSR count). The van der Waals surface area contributed by atoms with Gasteiger partial charge in [-0.1, -0.05) is 71.6 Å². The van der Waals surface area contributed by atoms with Crippen LogP contribution in [-0.4, -0.2) is 27.9 Å². The van der Waals surface area contributed by atoms with E-state index >= 15 is 0 Å². The second-order valence-corrected chi connectivity index (χ2v) is 8.22. The Morgan fingerprint density at radius 1 is 1.08 bits per heavy atom.